The normalized spacial score (nSPS) is 15.7. The number of nitrogens with zero attached hydrogens (tertiary/aromatic N) is 4. The van der Waals surface area contributed by atoms with Gasteiger partial charge in [0, 0.05) is 6.54 Å². The number of nitrogens with one attached hydrogen (secondary N) is 1. The van der Waals surface area contributed by atoms with Crippen LogP contribution in [0.1, 0.15) is 37.9 Å². The van der Waals surface area contributed by atoms with Crippen LogP contribution in [0, 0.1) is 5.92 Å². The molecule has 2 aromatic heterocycles. The largest absolute Gasteiger partial charge is 0.467 e. The Bertz CT molecular complexity index is 607. The molecule has 2 heterocycles. The van der Waals surface area contributed by atoms with Crippen molar-refractivity contribution in [2.24, 2.45) is 5.92 Å². The Kier molecular flexibility index (Phi) is 5.68. The molecule has 1 amide bonds. The molecule has 0 bridgehead atoms. The third-order valence-corrected chi connectivity index (χ3v) is 4.99. The molecule has 124 valence electrons. The van der Waals surface area contributed by atoms with Gasteiger partial charge in [-0.3, -0.25) is 4.79 Å². The summed E-state index contributed by atoms with van der Waals surface area (Å²) in [5.41, 5.74) is 0. The van der Waals surface area contributed by atoms with E-state index in [0.29, 0.717) is 23.4 Å². The Morgan fingerprint density at radius 1 is 1.39 bits per heavy atom. The Morgan fingerprint density at radius 2 is 2.26 bits per heavy atom. The number of thioether (sulfide) groups is 1. The Balaban J connectivity index is 1.43. The van der Waals surface area contributed by atoms with Gasteiger partial charge in [0.1, 0.15) is 12.3 Å². The highest BCUT2D eigenvalue weighted by molar-refractivity contribution is 7.99. The van der Waals surface area contributed by atoms with Gasteiger partial charge in [0.05, 0.1) is 12.0 Å². The minimum Gasteiger partial charge on any atom is -0.467 e. The lowest BCUT2D eigenvalue weighted by molar-refractivity contribution is -0.118. The van der Waals surface area contributed by atoms with Crippen molar-refractivity contribution in [3.8, 4) is 0 Å². The maximum atomic E-state index is 12.0. The summed E-state index contributed by atoms with van der Waals surface area (Å²) in [4.78, 5) is 12.0. The van der Waals surface area contributed by atoms with Gasteiger partial charge in [-0.1, -0.05) is 31.0 Å². The summed E-state index contributed by atoms with van der Waals surface area (Å²) in [5.74, 6) is 1.78. The fourth-order valence-corrected chi connectivity index (χ4v) is 3.49. The van der Waals surface area contributed by atoms with E-state index >= 15 is 0 Å². The Labute approximate surface area is 139 Å². The van der Waals surface area contributed by atoms with Crippen molar-refractivity contribution in [3.63, 3.8) is 0 Å². The highest BCUT2D eigenvalue weighted by Crippen LogP contribution is 2.22. The fourth-order valence-electron chi connectivity index (χ4n) is 2.78. The van der Waals surface area contributed by atoms with E-state index in [0.717, 1.165) is 12.3 Å². The molecule has 1 fully saturated rings. The first-order valence-corrected chi connectivity index (χ1v) is 8.98. The molecule has 1 aliphatic carbocycles. The molecule has 1 N–H and O–H groups in total. The van der Waals surface area contributed by atoms with E-state index in [1.807, 2.05) is 12.1 Å². The number of amides is 1. The number of tetrazole rings is 1. The van der Waals surface area contributed by atoms with Gasteiger partial charge >= 0.3 is 0 Å². The number of carbonyl (C=O) groups is 1. The highest BCUT2D eigenvalue weighted by Gasteiger charge is 2.15. The van der Waals surface area contributed by atoms with E-state index in [-0.39, 0.29) is 5.91 Å². The minimum absolute atomic E-state index is 0.0353. The maximum Gasteiger partial charge on any atom is 0.230 e. The smallest absolute Gasteiger partial charge is 0.230 e. The number of furan rings is 1. The lowest BCUT2D eigenvalue weighted by Gasteiger charge is -2.21. The van der Waals surface area contributed by atoms with Crippen LogP contribution in [0.5, 0.6) is 0 Å². The van der Waals surface area contributed by atoms with Gasteiger partial charge in [-0.15, -0.1) is 5.10 Å². The lowest BCUT2D eigenvalue weighted by atomic mass is 9.89. The molecular weight excluding hydrogens is 314 g/mol. The summed E-state index contributed by atoms with van der Waals surface area (Å²) < 4.78 is 6.93. The van der Waals surface area contributed by atoms with Gasteiger partial charge in [-0.25, -0.2) is 4.68 Å². The van der Waals surface area contributed by atoms with Crippen molar-refractivity contribution in [2.75, 3.05) is 12.3 Å². The van der Waals surface area contributed by atoms with E-state index in [4.69, 9.17) is 4.42 Å². The van der Waals surface area contributed by atoms with E-state index in [9.17, 15) is 4.79 Å². The van der Waals surface area contributed by atoms with Gasteiger partial charge in [-0.05, 0) is 41.3 Å². The maximum absolute atomic E-state index is 12.0. The van der Waals surface area contributed by atoms with E-state index < -0.39 is 0 Å². The predicted molar refractivity (Wildman–Crippen MR) is 85.9 cm³/mol. The Hall–Kier alpha value is -1.83. The molecular formula is C15H21N5O2S. The van der Waals surface area contributed by atoms with Crippen molar-refractivity contribution >= 4 is 17.7 Å². The molecule has 0 saturated heterocycles. The molecule has 3 rings (SSSR count). The van der Waals surface area contributed by atoms with Gasteiger partial charge in [0.2, 0.25) is 11.1 Å². The van der Waals surface area contributed by atoms with Crippen LogP contribution in [0.3, 0.4) is 0 Å². The summed E-state index contributed by atoms with van der Waals surface area (Å²) in [6, 6.07) is 3.69. The van der Waals surface area contributed by atoms with Gasteiger partial charge in [0.25, 0.3) is 0 Å². The van der Waals surface area contributed by atoms with Gasteiger partial charge < -0.3 is 9.73 Å². The molecule has 7 nitrogen and oxygen atoms in total. The molecule has 2 aromatic rings. The number of carbonyl (C=O) groups excluding carboxylic acids is 1. The second-order valence-corrected chi connectivity index (χ2v) is 6.74. The van der Waals surface area contributed by atoms with Crippen LogP contribution >= 0.6 is 11.8 Å². The van der Waals surface area contributed by atoms with Crippen LogP contribution in [-0.2, 0) is 11.3 Å². The van der Waals surface area contributed by atoms with Gasteiger partial charge in [0.15, 0.2) is 0 Å². The van der Waals surface area contributed by atoms with E-state index in [2.05, 4.69) is 20.8 Å². The van der Waals surface area contributed by atoms with Crippen LogP contribution in [0.2, 0.25) is 0 Å². The summed E-state index contributed by atoms with van der Waals surface area (Å²) in [6.07, 6.45) is 7.99. The number of hydrogen-bond acceptors (Lipinski definition) is 6. The SMILES string of the molecule is O=C(CSc1nnnn1Cc1ccco1)NCC1CCCCC1. The predicted octanol–water partition coefficient (Wildman–Crippen LogP) is 2.10. The standard InChI is InChI=1S/C15H21N5O2S/c21-14(16-9-12-5-2-1-3-6-12)11-23-15-17-18-19-20(15)10-13-7-4-8-22-13/h4,7-8,12H,1-3,5-6,9-11H2,(H,16,21). The first-order valence-electron chi connectivity index (χ1n) is 7.99. The van der Waals surface area contributed by atoms with Crippen molar-refractivity contribution in [1.82, 2.24) is 25.5 Å². The summed E-state index contributed by atoms with van der Waals surface area (Å²) in [7, 11) is 0. The number of hydrogen-bond donors (Lipinski definition) is 1. The molecule has 0 unspecified atom stereocenters. The quantitative estimate of drug-likeness (QED) is 0.780. The first kappa shape index (κ1) is 16.0. The molecule has 0 spiro atoms. The molecule has 8 heteroatoms. The topological polar surface area (TPSA) is 85.8 Å². The van der Waals surface area contributed by atoms with E-state index in [1.54, 1.807) is 10.9 Å². The monoisotopic (exact) mass is 335 g/mol. The van der Waals surface area contributed by atoms with Crippen LogP contribution < -0.4 is 5.32 Å². The average Bonchev–Trinajstić information content (AvgIpc) is 3.24. The summed E-state index contributed by atoms with van der Waals surface area (Å²) in [5, 5.41) is 15.2. The van der Waals surface area contributed by atoms with E-state index in [1.165, 1.54) is 43.9 Å². The first-order chi connectivity index (χ1) is 11.3. The Morgan fingerprint density at radius 3 is 3.04 bits per heavy atom. The molecule has 23 heavy (non-hydrogen) atoms. The number of aromatic nitrogens is 4. The molecule has 0 radical (unpaired) electrons. The third-order valence-electron chi connectivity index (χ3n) is 4.03. The minimum atomic E-state index is 0.0353. The summed E-state index contributed by atoms with van der Waals surface area (Å²) in [6.45, 7) is 1.25. The zero-order chi connectivity index (χ0) is 15.9. The van der Waals surface area contributed by atoms with Gasteiger partial charge in [-0.2, -0.15) is 0 Å². The van der Waals surface area contributed by atoms with Crippen LogP contribution in [-0.4, -0.2) is 38.4 Å². The second-order valence-electron chi connectivity index (χ2n) is 5.80. The van der Waals surface area contributed by atoms with Crippen molar-refractivity contribution in [3.05, 3.63) is 24.2 Å². The average molecular weight is 335 g/mol. The molecule has 0 aromatic carbocycles. The van der Waals surface area contributed by atoms with Crippen molar-refractivity contribution in [1.29, 1.82) is 0 Å². The fraction of sp³-hybridized carbons (Fsp3) is 0.600. The van der Waals surface area contributed by atoms with Crippen molar-refractivity contribution < 1.29 is 9.21 Å². The van der Waals surface area contributed by atoms with Crippen molar-refractivity contribution in [2.45, 2.75) is 43.8 Å². The number of rotatable bonds is 7. The zero-order valence-corrected chi connectivity index (χ0v) is 13.8. The highest BCUT2D eigenvalue weighted by atomic mass is 32.2. The molecule has 1 saturated carbocycles. The van der Waals surface area contributed by atoms with Crippen LogP contribution in [0.25, 0.3) is 0 Å². The molecule has 1 aliphatic rings. The summed E-state index contributed by atoms with van der Waals surface area (Å²) >= 11 is 1.34. The molecule has 0 atom stereocenters. The zero-order valence-electron chi connectivity index (χ0n) is 13.0. The molecule has 0 aliphatic heterocycles. The second kappa shape index (κ2) is 8.14. The third kappa shape index (κ3) is 4.82. The van der Waals surface area contributed by atoms with Crippen LogP contribution in [0.15, 0.2) is 28.0 Å². The van der Waals surface area contributed by atoms with Crippen LogP contribution in [0.4, 0.5) is 0 Å². The lowest BCUT2D eigenvalue weighted by Crippen LogP contribution is -2.31.